The molecule has 3 atom stereocenters. The fourth-order valence-corrected chi connectivity index (χ4v) is 5.45. The maximum absolute atomic E-state index is 14.1. The number of benzene rings is 2. The summed E-state index contributed by atoms with van der Waals surface area (Å²) in [4.78, 5) is 31.7. The number of carbonyl (C=O) groups excluding carboxylic acids is 2. The van der Waals surface area contributed by atoms with E-state index in [1.165, 1.54) is 0 Å². The monoisotopic (exact) mass is 436 g/mol. The molecule has 6 nitrogen and oxygen atoms in total. The number of nitrogens with zero attached hydrogens (tertiary/aromatic N) is 2. The second kappa shape index (κ2) is 9.84. The van der Waals surface area contributed by atoms with Gasteiger partial charge in [0, 0.05) is 38.3 Å². The highest BCUT2D eigenvalue weighted by Gasteiger charge is 2.59. The molecule has 2 amide bonds. The van der Waals surface area contributed by atoms with Crippen LogP contribution in [0, 0.1) is 5.92 Å². The normalized spacial score (nSPS) is 25.9. The van der Waals surface area contributed by atoms with E-state index in [1.807, 2.05) is 58.3 Å². The average Bonchev–Trinajstić information content (AvgIpc) is 3.10. The zero-order valence-corrected chi connectivity index (χ0v) is 18.7. The summed E-state index contributed by atoms with van der Waals surface area (Å²) in [5, 5.41) is 10.4. The van der Waals surface area contributed by atoms with E-state index in [4.69, 9.17) is 4.74 Å². The first-order valence-electron chi connectivity index (χ1n) is 11.4. The predicted octanol–water partition coefficient (Wildman–Crippen LogP) is 3.28. The smallest absolute Gasteiger partial charge is 0.255 e. The number of amides is 2. The molecule has 0 aromatic heterocycles. The van der Waals surface area contributed by atoms with E-state index in [-0.39, 0.29) is 30.4 Å². The van der Waals surface area contributed by atoms with Crippen molar-refractivity contribution in [3.63, 3.8) is 0 Å². The number of hydrogen-bond acceptors (Lipinski definition) is 4. The zero-order chi connectivity index (χ0) is 22.6. The number of rotatable bonds is 6. The first kappa shape index (κ1) is 22.5. The number of methoxy groups -OCH3 is 1. The molecule has 0 saturated carbocycles. The van der Waals surface area contributed by atoms with Crippen LogP contribution in [0.4, 0.5) is 0 Å². The Kier molecular flexibility index (Phi) is 6.92. The van der Waals surface area contributed by atoms with Gasteiger partial charge in [-0.25, -0.2) is 0 Å². The van der Waals surface area contributed by atoms with E-state index in [1.54, 1.807) is 19.2 Å². The van der Waals surface area contributed by atoms with Crippen LogP contribution in [-0.2, 0) is 9.53 Å². The molecule has 4 rings (SSSR count). The van der Waals surface area contributed by atoms with E-state index >= 15 is 0 Å². The molecule has 1 N–H and O–H groups in total. The van der Waals surface area contributed by atoms with Crippen LogP contribution in [0.25, 0.3) is 0 Å². The Labute approximate surface area is 189 Å². The molecule has 2 aliphatic rings. The van der Waals surface area contributed by atoms with E-state index < -0.39 is 5.54 Å². The molecule has 2 fully saturated rings. The van der Waals surface area contributed by atoms with Crippen molar-refractivity contribution in [1.82, 2.24) is 9.80 Å². The zero-order valence-electron chi connectivity index (χ0n) is 18.7. The highest BCUT2D eigenvalue weighted by molar-refractivity contribution is 6.00. The first-order chi connectivity index (χ1) is 15.6. The molecule has 2 aliphatic heterocycles. The van der Waals surface area contributed by atoms with E-state index in [9.17, 15) is 14.7 Å². The number of likely N-dealkylation sites (tertiary alicyclic amines) is 2. The fourth-order valence-electron chi connectivity index (χ4n) is 5.45. The summed E-state index contributed by atoms with van der Waals surface area (Å²) in [6.07, 6.45) is 2.81. The van der Waals surface area contributed by atoms with Crippen molar-refractivity contribution < 1.29 is 19.4 Å². The van der Waals surface area contributed by atoms with Gasteiger partial charge >= 0.3 is 0 Å². The van der Waals surface area contributed by atoms with Crippen molar-refractivity contribution in [2.45, 2.75) is 37.3 Å². The molecule has 1 spiro atoms. The maximum Gasteiger partial charge on any atom is 0.255 e. The molecular formula is C26H32N2O4. The van der Waals surface area contributed by atoms with E-state index in [0.717, 1.165) is 18.4 Å². The van der Waals surface area contributed by atoms with Crippen molar-refractivity contribution >= 4 is 11.8 Å². The first-order valence-corrected chi connectivity index (χ1v) is 11.4. The topological polar surface area (TPSA) is 70.1 Å². The van der Waals surface area contributed by atoms with Crippen molar-refractivity contribution in [1.29, 1.82) is 0 Å². The molecular weight excluding hydrogens is 404 g/mol. The third kappa shape index (κ3) is 4.05. The predicted molar refractivity (Wildman–Crippen MR) is 122 cm³/mol. The minimum Gasteiger partial charge on any atom is -0.396 e. The van der Waals surface area contributed by atoms with E-state index in [2.05, 4.69) is 0 Å². The maximum atomic E-state index is 14.1. The molecule has 170 valence electrons. The Bertz CT molecular complexity index is 920. The molecule has 2 heterocycles. The third-order valence-corrected chi connectivity index (χ3v) is 6.92. The van der Waals surface area contributed by atoms with Gasteiger partial charge in [0.15, 0.2) is 0 Å². The van der Waals surface area contributed by atoms with Crippen LogP contribution in [0.2, 0.25) is 0 Å². The van der Waals surface area contributed by atoms with Gasteiger partial charge in [-0.05, 0) is 43.4 Å². The van der Waals surface area contributed by atoms with Gasteiger partial charge in [0.05, 0.1) is 12.6 Å². The SMILES string of the molecule is COCCN1CCCC[C@]2(C[C@H](CO)[C@H](c3ccccc3)N2C(=O)c2ccccc2)C1=O. The Morgan fingerprint density at radius 2 is 1.78 bits per heavy atom. The molecule has 2 aromatic carbocycles. The summed E-state index contributed by atoms with van der Waals surface area (Å²) >= 11 is 0. The summed E-state index contributed by atoms with van der Waals surface area (Å²) in [6, 6.07) is 18.6. The average molecular weight is 437 g/mol. The van der Waals surface area contributed by atoms with Gasteiger partial charge in [0.25, 0.3) is 5.91 Å². The second-order valence-electron chi connectivity index (χ2n) is 8.82. The van der Waals surface area contributed by atoms with Crippen molar-refractivity contribution in [3.05, 3.63) is 71.8 Å². The summed E-state index contributed by atoms with van der Waals surface area (Å²) in [5.74, 6) is -0.387. The molecule has 2 aromatic rings. The van der Waals surface area contributed by atoms with Gasteiger partial charge in [-0.2, -0.15) is 0 Å². The van der Waals surface area contributed by atoms with Crippen LogP contribution in [0.1, 0.15) is 47.6 Å². The molecule has 0 aliphatic carbocycles. The molecule has 0 bridgehead atoms. The Morgan fingerprint density at radius 3 is 2.44 bits per heavy atom. The third-order valence-electron chi connectivity index (χ3n) is 6.92. The number of aliphatic hydroxyl groups is 1. The lowest BCUT2D eigenvalue weighted by atomic mass is 9.85. The lowest BCUT2D eigenvalue weighted by Crippen LogP contribution is -2.58. The molecule has 0 unspecified atom stereocenters. The highest BCUT2D eigenvalue weighted by Crippen LogP contribution is 2.51. The number of carbonyl (C=O) groups is 2. The van der Waals surface area contributed by atoms with Crippen LogP contribution in [0.5, 0.6) is 0 Å². The van der Waals surface area contributed by atoms with E-state index in [0.29, 0.717) is 38.1 Å². The lowest BCUT2D eigenvalue weighted by Gasteiger charge is -2.41. The highest BCUT2D eigenvalue weighted by atomic mass is 16.5. The van der Waals surface area contributed by atoms with Gasteiger partial charge in [0.1, 0.15) is 5.54 Å². The minimum atomic E-state index is -0.967. The number of hydrogen-bond donors (Lipinski definition) is 1. The van der Waals surface area contributed by atoms with Crippen molar-refractivity contribution in [2.75, 3.05) is 33.4 Å². The Balaban J connectivity index is 1.84. The summed E-state index contributed by atoms with van der Waals surface area (Å²) in [6.45, 7) is 1.55. The van der Waals surface area contributed by atoms with Gasteiger partial charge in [-0.1, -0.05) is 48.5 Å². The molecule has 32 heavy (non-hydrogen) atoms. The number of ether oxygens (including phenoxy) is 1. The van der Waals surface area contributed by atoms with Gasteiger partial charge in [-0.15, -0.1) is 0 Å². The standard InChI is InChI=1S/C26H32N2O4/c1-32-17-16-27-15-9-8-14-26(25(27)31)18-22(19-29)23(20-10-4-2-5-11-20)28(26)24(30)21-12-6-3-7-13-21/h2-7,10-13,22-23,29H,8-9,14-19H2,1H3/t22-,23+,26+/m1/s1. The van der Waals surface area contributed by atoms with Crippen LogP contribution in [0.3, 0.4) is 0 Å². The van der Waals surface area contributed by atoms with Crippen LogP contribution in [-0.4, -0.2) is 65.7 Å². The summed E-state index contributed by atoms with van der Waals surface area (Å²) < 4.78 is 5.25. The molecule has 0 radical (unpaired) electrons. The molecule has 2 saturated heterocycles. The lowest BCUT2D eigenvalue weighted by molar-refractivity contribution is -0.142. The summed E-state index contributed by atoms with van der Waals surface area (Å²) in [7, 11) is 1.63. The Hall–Kier alpha value is -2.70. The van der Waals surface area contributed by atoms with Gasteiger partial charge in [0.2, 0.25) is 5.91 Å². The number of aliphatic hydroxyl groups excluding tert-OH is 1. The minimum absolute atomic E-state index is 0.0202. The van der Waals surface area contributed by atoms with Crippen molar-refractivity contribution in [3.8, 4) is 0 Å². The molecule has 6 heteroatoms. The van der Waals surface area contributed by atoms with Crippen molar-refractivity contribution in [2.24, 2.45) is 5.92 Å². The van der Waals surface area contributed by atoms with Crippen LogP contribution in [0.15, 0.2) is 60.7 Å². The van der Waals surface area contributed by atoms with Gasteiger partial charge in [-0.3, -0.25) is 9.59 Å². The van der Waals surface area contributed by atoms with Crippen LogP contribution >= 0.6 is 0 Å². The van der Waals surface area contributed by atoms with Crippen LogP contribution < -0.4 is 0 Å². The summed E-state index contributed by atoms with van der Waals surface area (Å²) in [5.41, 5.74) is 0.547. The fraction of sp³-hybridized carbons (Fsp3) is 0.462. The Morgan fingerprint density at radius 1 is 1.09 bits per heavy atom. The quantitative estimate of drug-likeness (QED) is 0.755. The largest absolute Gasteiger partial charge is 0.396 e. The van der Waals surface area contributed by atoms with Gasteiger partial charge < -0.3 is 19.6 Å². The second-order valence-corrected chi connectivity index (χ2v) is 8.82.